The molecule has 1 N–H and O–H groups in total. The second-order valence-corrected chi connectivity index (χ2v) is 6.29. The second kappa shape index (κ2) is 5.98. The van der Waals surface area contributed by atoms with Crippen molar-refractivity contribution in [3.8, 4) is 11.3 Å². The Kier molecular flexibility index (Phi) is 4.04. The number of nitro groups is 1. The first-order chi connectivity index (χ1) is 10.5. The fourth-order valence-electron chi connectivity index (χ4n) is 2.66. The highest BCUT2D eigenvalue weighted by Gasteiger charge is 2.20. The van der Waals surface area contributed by atoms with E-state index in [9.17, 15) is 19.3 Å². The number of nitro benzene ring substituents is 1. The van der Waals surface area contributed by atoms with Crippen molar-refractivity contribution in [1.82, 2.24) is 9.88 Å². The van der Waals surface area contributed by atoms with Crippen molar-refractivity contribution in [3.05, 3.63) is 48.7 Å². The monoisotopic (exact) mass is 323 g/mol. The van der Waals surface area contributed by atoms with E-state index in [0.717, 1.165) is 48.2 Å². The molecule has 22 heavy (non-hydrogen) atoms. The van der Waals surface area contributed by atoms with E-state index in [1.54, 1.807) is 0 Å². The Morgan fingerprint density at radius 2 is 2.09 bits per heavy atom. The van der Waals surface area contributed by atoms with E-state index in [1.165, 1.54) is 12.1 Å². The van der Waals surface area contributed by atoms with Gasteiger partial charge in [0.15, 0.2) is 0 Å². The van der Waals surface area contributed by atoms with Crippen LogP contribution in [-0.4, -0.2) is 27.9 Å². The topological polar surface area (TPSA) is 79.2 Å². The summed E-state index contributed by atoms with van der Waals surface area (Å²) in [6.45, 7) is 2.59. The minimum Gasteiger partial charge on any atom is -0.312 e. The van der Waals surface area contributed by atoms with Gasteiger partial charge in [0.2, 0.25) is 5.82 Å². The lowest BCUT2D eigenvalue weighted by Gasteiger charge is -2.14. The molecule has 1 aromatic carbocycles. The number of aromatic nitrogens is 1. The van der Waals surface area contributed by atoms with E-state index >= 15 is 0 Å². The van der Waals surface area contributed by atoms with Gasteiger partial charge in [0, 0.05) is 23.1 Å². The molecule has 116 valence electrons. The molecule has 2 heterocycles. The molecule has 8 heteroatoms. The van der Waals surface area contributed by atoms with Gasteiger partial charge in [0.25, 0.3) is 0 Å². The predicted octanol–water partition coefficient (Wildman–Crippen LogP) is 2.75. The van der Waals surface area contributed by atoms with Gasteiger partial charge in [0.05, 0.1) is 10.6 Å². The molecule has 3 rings (SSSR count). The Morgan fingerprint density at radius 3 is 2.77 bits per heavy atom. The summed E-state index contributed by atoms with van der Waals surface area (Å²) in [5, 5.41) is 10.9. The Bertz CT molecular complexity index is 765. The number of nitrogens with one attached hydrogen (secondary N) is 1. The Morgan fingerprint density at radius 1 is 1.36 bits per heavy atom. The number of rotatable bonds is 4. The molecule has 1 fully saturated rings. The fourth-order valence-corrected chi connectivity index (χ4v) is 3.55. The summed E-state index contributed by atoms with van der Waals surface area (Å²) < 4.78 is 13.5. The van der Waals surface area contributed by atoms with Crippen molar-refractivity contribution in [2.45, 2.75) is 19.4 Å². The highest BCUT2D eigenvalue weighted by atomic mass is 32.1. The highest BCUT2D eigenvalue weighted by Crippen LogP contribution is 2.29. The van der Waals surface area contributed by atoms with Crippen molar-refractivity contribution in [2.75, 3.05) is 13.1 Å². The number of hydrogen-bond acceptors (Lipinski definition) is 5. The van der Waals surface area contributed by atoms with E-state index in [1.807, 2.05) is 0 Å². The summed E-state index contributed by atoms with van der Waals surface area (Å²) in [5.41, 5.74) is 0.419. The zero-order chi connectivity index (χ0) is 15.7. The lowest BCUT2D eigenvalue weighted by atomic mass is 10.1. The molecule has 0 unspecified atom stereocenters. The molecule has 0 saturated carbocycles. The van der Waals surface area contributed by atoms with Gasteiger partial charge in [-0.15, -0.1) is 0 Å². The molecule has 1 aromatic heterocycles. The van der Waals surface area contributed by atoms with Crippen molar-refractivity contribution in [3.63, 3.8) is 0 Å². The lowest BCUT2D eigenvalue weighted by Crippen LogP contribution is -2.18. The van der Waals surface area contributed by atoms with Crippen LogP contribution in [0, 0.1) is 15.9 Å². The number of benzene rings is 1. The summed E-state index contributed by atoms with van der Waals surface area (Å²) in [4.78, 5) is 27.3. The average Bonchev–Trinajstić information content (AvgIpc) is 3.09. The van der Waals surface area contributed by atoms with E-state index < -0.39 is 16.4 Å². The number of nitrogens with zero attached hydrogens (tertiary/aromatic N) is 2. The molecule has 6 nitrogen and oxygen atoms in total. The second-order valence-electron chi connectivity index (χ2n) is 5.22. The molecule has 0 spiro atoms. The first-order valence-electron chi connectivity index (χ1n) is 6.93. The van der Waals surface area contributed by atoms with Crippen molar-refractivity contribution in [2.24, 2.45) is 0 Å². The minimum absolute atomic E-state index is 0.212. The molecular weight excluding hydrogens is 309 g/mol. The van der Waals surface area contributed by atoms with Gasteiger partial charge in [-0.25, -0.2) is 0 Å². The maximum atomic E-state index is 13.5. The van der Waals surface area contributed by atoms with E-state index in [4.69, 9.17) is 0 Å². The third-order valence-electron chi connectivity index (χ3n) is 3.72. The fraction of sp³-hybridized carbons (Fsp3) is 0.357. The Balaban J connectivity index is 1.99. The maximum Gasteiger partial charge on any atom is 0.305 e. The Labute approximate surface area is 129 Å². The molecule has 0 aliphatic carbocycles. The van der Waals surface area contributed by atoms with E-state index in [0.29, 0.717) is 17.8 Å². The van der Waals surface area contributed by atoms with Crippen LogP contribution in [0.5, 0.6) is 0 Å². The number of hydrogen-bond donors (Lipinski definition) is 1. The van der Waals surface area contributed by atoms with Gasteiger partial charge in [-0.05, 0) is 38.1 Å². The SMILES string of the molecule is O=c1[nH]c(-c2ccc(F)c([N+](=O)[O-])c2)c(CN2CCCC2)s1. The van der Waals surface area contributed by atoms with E-state index in [-0.39, 0.29) is 4.87 Å². The summed E-state index contributed by atoms with van der Waals surface area (Å²) in [5.74, 6) is -0.882. The normalized spacial score (nSPS) is 15.3. The minimum atomic E-state index is -0.882. The number of H-pyrrole nitrogens is 1. The molecule has 0 atom stereocenters. The van der Waals surface area contributed by atoms with Crippen LogP contribution in [0.2, 0.25) is 0 Å². The molecule has 0 bridgehead atoms. The van der Waals surface area contributed by atoms with Gasteiger partial charge < -0.3 is 4.98 Å². The molecular formula is C14H14FN3O3S. The highest BCUT2D eigenvalue weighted by molar-refractivity contribution is 7.09. The van der Waals surface area contributed by atoms with Crippen LogP contribution in [0.1, 0.15) is 17.7 Å². The number of likely N-dealkylation sites (tertiary alicyclic amines) is 1. The first-order valence-corrected chi connectivity index (χ1v) is 7.75. The third kappa shape index (κ3) is 2.93. The number of halogens is 1. The van der Waals surface area contributed by atoms with Crippen LogP contribution >= 0.6 is 11.3 Å². The number of thiazole rings is 1. The van der Waals surface area contributed by atoms with Gasteiger partial charge in [-0.1, -0.05) is 11.3 Å². The van der Waals surface area contributed by atoms with Gasteiger partial charge in [-0.2, -0.15) is 4.39 Å². The van der Waals surface area contributed by atoms with Crippen LogP contribution in [0.15, 0.2) is 23.0 Å². The smallest absolute Gasteiger partial charge is 0.305 e. The standard InChI is InChI=1S/C14H14FN3O3S/c15-10-4-3-9(7-11(10)18(20)21)13-12(22-14(19)16-13)8-17-5-1-2-6-17/h3-4,7H,1-2,5-6,8H2,(H,16,19). The maximum absolute atomic E-state index is 13.5. The van der Waals surface area contributed by atoms with Crippen LogP contribution in [-0.2, 0) is 6.54 Å². The average molecular weight is 323 g/mol. The van der Waals surface area contributed by atoms with Crippen LogP contribution < -0.4 is 4.87 Å². The zero-order valence-electron chi connectivity index (χ0n) is 11.7. The lowest BCUT2D eigenvalue weighted by molar-refractivity contribution is -0.387. The van der Waals surface area contributed by atoms with Gasteiger partial charge in [-0.3, -0.25) is 19.8 Å². The summed E-state index contributed by atoms with van der Waals surface area (Å²) in [6, 6.07) is 3.68. The molecule has 1 saturated heterocycles. The largest absolute Gasteiger partial charge is 0.312 e. The summed E-state index contributed by atoms with van der Waals surface area (Å²) in [7, 11) is 0. The van der Waals surface area contributed by atoms with Gasteiger partial charge in [0.1, 0.15) is 0 Å². The molecule has 1 aliphatic rings. The molecule has 1 aliphatic heterocycles. The molecule has 0 radical (unpaired) electrons. The zero-order valence-corrected chi connectivity index (χ0v) is 12.5. The first kappa shape index (κ1) is 14.9. The van der Waals surface area contributed by atoms with Crippen molar-refractivity contribution in [1.29, 1.82) is 0 Å². The van der Waals surface area contributed by atoms with Crippen LogP contribution in [0.3, 0.4) is 0 Å². The van der Waals surface area contributed by atoms with Crippen molar-refractivity contribution < 1.29 is 9.31 Å². The van der Waals surface area contributed by atoms with Crippen LogP contribution in [0.4, 0.5) is 10.1 Å². The van der Waals surface area contributed by atoms with Crippen LogP contribution in [0.25, 0.3) is 11.3 Å². The number of aromatic amines is 1. The molecule has 2 aromatic rings. The van der Waals surface area contributed by atoms with Crippen molar-refractivity contribution >= 4 is 17.0 Å². The summed E-state index contributed by atoms with van der Waals surface area (Å²) in [6.07, 6.45) is 2.27. The quantitative estimate of drug-likeness (QED) is 0.693. The van der Waals surface area contributed by atoms with E-state index in [2.05, 4.69) is 9.88 Å². The summed E-state index contributed by atoms with van der Waals surface area (Å²) >= 11 is 1.10. The third-order valence-corrected chi connectivity index (χ3v) is 4.59. The van der Waals surface area contributed by atoms with Gasteiger partial charge >= 0.3 is 10.6 Å². The Hall–Kier alpha value is -2.06. The molecule has 0 amide bonds. The predicted molar refractivity (Wildman–Crippen MR) is 81.5 cm³/mol.